The highest BCUT2D eigenvalue weighted by Gasteiger charge is 2.23. The zero-order valence-corrected chi connectivity index (χ0v) is 14.4. The number of hydrogen-bond donors (Lipinski definition) is 0. The Bertz CT molecular complexity index is 699. The maximum Gasteiger partial charge on any atom is 0.285 e. The van der Waals surface area contributed by atoms with E-state index in [0.29, 0.717) is 23.3 Å². The van der Waals surface area contributed by atoms with E-state index in [-0.39, 0.29) is 16.7 Å². The van der Waals surface area contributed by atoms with Crippen molar-refractivity contribution in [3.63, 3.8) is 0 Å². The summed E-state index contributed by atoms with van der Waals surface area (Å²) in [5.41, 5.74) is 1.80. The lowest BCUT2D eigenvalue weighted by Gasteiger charge is -2.16. The molecule has 0 aromatic heterocycles. The van der Waals surface area contributed by atoms with Crippen molar-refractivity contribution < 1.29 is 13.2 Å². The number of ether oxygens (including phenoxy) is 1. The molecule has 6 heteroatoms. The first-order chi connectivity index (χ1) is 10.2. The lowest BCUT2D eigenvalue weighted by atomic mass is 9.92. The van der Waals surface area contributed by atoms with Crippen LogP contribution in [0.15, 0.2) is 21.4 Å². The van der Waals surface area contributed by atoms with Gasteiger partial charge in [0.1, 0.15) is 0 Å². The van der Waals surface area contributed by atoms with Gasteiger partial charge >= 0.3 is 0 Å². The predicted octanol–water partition coefficient (Wildman–Crippen LogP) is 3.56. The van der Waals surface area contributed by atoms with Crippen LogP contribution in [0.4, 0.5) is 0 Å². The number of nitrogens with zero attached hydrogens (tertiary/aromatic N) is 2. The van der Waals surface area contributed by atoms with Gasteiger partial charge in [0.15, 0.2) is 6.40 Å². The molecule has 1 aromatic rings. The molecular formula is C16H22N2O3S. The van der Waals surface area contributed by atoms with Crippen molar-refractivity contribution >= 4 is 16.4 Å². The largest absolute Gasteiger partial charge is 0.483 e. The van der Waals surface area contributed by atoms with E-state index in [0.717, 1.165) is 6.40 Å². The van der Waals surface area contributed by atoms with Crippen molar-refractivity contribution in [1.82, 2.24) is 0 Å². The van der Waals surface area contributed by atoms with Crippen LogP contribution in [0, 0.1) is 11.3 Å². The Labute approximate surface area is 132 Å². The zero-order chi connectivity index (χ0) is 16.9. The summed E-state index contributed by atoms with van der Waals surface area (Å²) in [6.45, 7) is 9.71. The molecule has 0 aliphatic carbocycles. The molecule has 5 nitrogen and oxygen atoms in total. The number of hydrogen-bond acceptors (Lipinski definition) is 4. The van der Waals surface area contributed by atoms with E-state index in [2.05, 4.69) is 10.5 Å². The lowest BCUT2D eigenvalue weighted by Crippen LogP contribution is -2.08. The molecule has 0 spiro atoms. The number of sulfonamides is 1. The average Bonchev–Trinajstić information content (AvgIpc) is 2.45. The summed E-state index contributed by atoms with van der Waals surface area (Å²) in [6.07, 6.45) is 0.951. The van der Waals surface area contributed by atoms with Gasteiger partial charge in [-0.1, -0.05) is 27.7 Å². The molecule has 0 saturated carbocycles. The molecule has 0 N–H and O–H groups in total. The Balaban J connectivity index is 3.58. The van der Waals surface area contributed by atoms with E-state index in [1.54, 1.807) is 19.1 Å². The third-order valence-electron chi connectivity index (χ3n) is 3.25. The van der Waals surface area contributed by atoms with Gasteiger partial charge in [-0.3, -0.25) is 0 Å². The van der Waals surface area contributed by atoms with Gasteiger partial charge in [-0.15, -0.1) is 4.40 Å². The monoisotopic (exact) mass is 322 g/mol. The maximum atomic E-state index is 12.4. The van der Waals surface area contributed by atoms with Gasteiger partial charge in [-0.2, -0.15) is 13.7 Å². The highest BCUT2D eigenvalue weighted by molar-refractivity contribution is 7.90. The minimum Gasteiger partial charge on any atom is -0.483 e. The molecule has 0 amide bonds. The van der Waals surface area contributed by atoms with Gasteiger partial charge in [-0.25, -0.2) is 0 Å². The number of nitriles is 1. The second kappa shape index (κ2) is 7.41. The normalized spacial score (nSPS) is 12.1. The van der Waals surface area contributed by atoms with Crippen LogP contribution in [0.25, 0.3) is 0 Å². The SMILES string of the molecule is CCOC=NS(=O)(=O)c1cc(C(C)C)c(C#N)cc1C(C)C. The Hall–Kier alpha value is -1.87. The summed E-state index contributed by atoms with van der Waals surface area (Å²) in [7, 11) is -3.85. The fourth-order valence-corrected chi connectivity index (χ4v) is 3.24. The zero-order valence-electron chi connectivity index (χ0n) is 13.6. The molecule has 22 heavy (non-hydrogen) atoms. The van der Waals surface area contributed by atoms with Crippen molar-refractivity contribution in [3.05, 3.63) is 28.8 Å². The highest BCUT2D eigenvalue weighted by atomic mass is 32.2. The van der Waals surface area contributed by atoms with Crippen LogP contribution >= 0.6 is 0 Å². The van der Waals surface area contributed by atoms with Crippen LogP contribution in [0.3, 0.4) is 0 Å². The van der Waals surface area contributed by atoms with Crippen LogP contribution in [0.5, 0.6) is 0 Å². The third kappa shape index (κ3) is 4.08. The molecule has 0 aliphatic rings. The fourth-order valence-electron chi connectivity index (χ4n) is 2.08. The van der Waals surface area contributed by atoms with Crippen molar-refractivity contribution in [2.45, 2.75) is 51.3 Å². The molecule has 0 saturated heterocycles. The van der Waals surface area contributed by atoms with E-state index >= 15 is 0 Å². The second-order valence-electron chi connectivity index (χ2n) is 5.54. The van der Waals surface area contributed by atoms with E-state index in [9.17, 15) is 13.7 Å². The quantitative estimate of drug-likeness (QED) is 0.592. The maximum absolute atomic E-state index is 12.4. The van der Waals surface area contributed by atoms with E-state index in [4.69, 9.17) is 4.74 Å². The van der Waals surface area contributed by atoms with Gasteiger partial charge in [-0.05, 0) is 42.0 Å². The highest BCUT2D eigenvalue weighted by Crippen LogP contribution is 2.31. The molecule has 1 aromatic carbocycles. The summed E-state index contributed by atoms with van der Waals surface area (Å²) in [5.74, 6) is 0.000986. The first-order valence-corrected chi connectivity index (χ1v) is 8.66. The summed E-state index contributed by atoms with van der Waals surface area (Å²) in [5, 5.41) is 9.29. The Morgan fingerprint density at radius 1 is 1.23 bits per heavy atom. The van der Waals surface area contributed by atoms with E-state index in [1.165, 1.54) is 0 Å². The lowest BCUT2D eigenvalue weighted by molar-refractivity contribution is 0.344. The third-order valence-corrected chi connectivity index (χ3v) is 4.52. The topological polar surface area (TPSA) is 79.5 Å². The number of rotatable bonds is 6. The predicted molar refractivity (Wildman–Crippen MR) is 86.6 cm³/mol. The second-order valence-corrected chi connectivity index (χ2v) is 7.14. The van der Waals surface area contributed by atoms with Gasteiger partial charge in [0, 0.05) is 0 Å². The smallest absolute Gasteiger partial charge is 0.285 e. The molecular weight excluding hydrogens is 300 g/mol. The van der Waals surface area contributed by atoms with Gasteiger partial charge < -0.3 is 4.74 Å². The first kappa shape index (κ1) is 18.2. The van der Waals surface area contributed by atoms with Crippen molar-refractivity contribution in [2.24, 2.45) is 4.40 Å². The first-order valence-electron chi connectivity index (χ1n) is 7.22. The standard InChI is InChI=1S/C16H22N2O3S/c1-6-21-10-18-22(19,20)16-8-14(11(2)3)13(9-17)7-15(16)12(4)5/h7-8,10-12H,6H2,1-5H3. The van der Waals surface area contributed by atoms with Crippen molar-refractivity contribution in [3.8, 4) is 6.07 Å². The average molecular weight is 322 g/mol. The molecule has 120 valence electrons. The Morgan fingerprint density at radius 3 is 2.27 bits per heavy atom. The van der Waals surface area contributed by atoms with Crippen LogP contribution in [0.2, 0.25) is 0 Å². The molecule has 0 aliphatic heterocycles. The van der Waals surface area contributed by atoms with Crippen molar-refractivity contribution in [1.29, 1.82) is 5.26 Å². The van der Waals surface area contributed by atoms with Gasteiger partial charge in [0.05, 0.1) is 23.1 Å². The van der Waals surface area contributed by atoms with Crippen molar-refractivity contribution in [2.75, 3.05) is 6.61 Å². The van der Waals surface area contributed by atoms with E-state index < -0.39 is 10.0 Å². The van der Waals surface area contributed by atoms with Gasteiger partial charge in [0.2, 0.25) is 0 Å². The molecule has 0 fully saturated rings. The molecule has 1 rings (SSSR count). The van der Waals surface area contributed by atoms with Gasteiger partial charge in [0.25, 0.3) is 10.0 Å². The summed E-state index contributed by atoms with van der Waals surface area (Å²) >= 11 is 0. The molecule has 0 atom stereocenters. The Morgan fingerprint density at radius 2 is 1.82 bits per heavy atom. The molecule has 0 heterocycles. The van der Waals surface area contributed by atoms with Crippen LogP contribution in [-0.4, -0.2) is 21.4 Å². The summed E-state index contributed by atoms with van der Waals surface area (Å²) in [6, 6.07) is 5.37. The fraction of sp³-hybridized carbons (Fsp3) is 0.500. The summed E-state index contributed by atoms with van der Waals surface area (Å²) in [4.78, 5) is 0.140. The molecule has 0 radical (unpaired) electrons. The molecule has 0 unspecified atom stereocenters. The van der Waals surface area contributed by atoms with Crippen LogP contribution < -0.4 is 0 Å². The number of benzene rings is 1. The Kier molecular flexibility index (Phi) is 6.12. The minimum atomic E-state index is -3.85. The minimum absolute atomic E-state index is 0.0413. The molecule has 0 bridgehead atoms. The van der Waals surface area contributed by atoms with Crippen LogP contribution in [0.1, 0.15) is 63.1 Å². The van der Waals surface area contributed by atoms with E-state index in [1.807, 2.05) is 27.7 Å². The summed E-state index contributed by atoms with van der Waals surface area (Å²) < 4.78 is 33.3. The van der Waals surface area contributed by atoms with Crippen LogP contribution in [-0.2, 0) is 14.8 Å².